The van der Waals surface area contributed by atoms with Crippen molar-refractivity contribution in [3.05, 3.63) is 29.3 Å². The number of anilines is 1. The largest absolute Gasteiger partial charge is 0.305 e. The summed E-state index contributed by atoms with van der Waals surface area (Å²) in [5.74, 6) is -1.08. The summed E-state index contributed by atoms with van der Waals surface area (Å²) in [6, 6.07) is 5.24. The molecule has 0 unspecified atom stereocenters. The van der Waals surface area contributed by atoms with Crippen molar-refractivity contribution in [1.29, 1.82) is 0 Å². The highest BCUT2D eigenvalue weighted by Gasteiger charge is 2.35. The number of carbonyl (C=O) groups excluding carboxylic acids is 2. The third kappa shape index (κ3) is 2.84. The van der Waals surface area contributed by atoms with Crippen molar-refractivity contribution in [1.82, 2.24) is 0 Å². The van der Waals surface area contributed by atoms with Gasteiger partial charge in [0, 0.05) is 12.8 Å². The first-order chi connectivity index (χ1) is 8.79. The van der Waals surface area contributed by atoms with Gasteiger partial charge in [0.05, 0.1) is 17.0 Å². The van der Waals surface area contributed by atoms with E-state index in [9.17, 15) is 18.0 Å². The number of hydrogen-bond acceptors (Lipinski definition) is 4. The molecule has 1 aliphatic rings. The number of hydrogen-bond donors (Lipinski definition) is 0. The number of ketones is 1. The van der Waals surface area contributed by atoms with Gasteiger partial charge in [-0.1, -0.05) is 11.6 Å². The van der Waals surface area contributed by atoms with Gasteiger partial charge in [-0.25, -0.2) is 8.42 Å². The van der Waals surface area contributed by atoms with E-state index in [1.165, 1.54) is 4.90 Å². The summed E-state index contributed by atoms with van der Waals surface area (Å²) < 4.78 is 22.1. The Kier molecular flexibility index (Phi) is 3.45. The number of carbonyl (C=O) groups is 2. The predicted molar refractivity (Wildman–Crippen MR) is 72.2 cm³/mol. The molecule has 19 heavy (non-hydrogen) atoms. The molecule has 0 saturated carbocycles. The van der Waals surface area contributed by atoms with Gasteiger partial charge in [0.2, 0.25) is 0 Å². The maximum Gasteiger partial charge on any atom is 0.299 e. The molecule has 1 aromatic carbocycles. The molecule has 6 heteroatoms. The van der Waals surface area contributed by atoms with Crippen LogP contribution >= 0.6 is 0 Å². The average Bonchev–Trinajstić information content (AvgIpc) is 2.53. The predicted octanol–water partition coefficient (Wildman–Crippen LogP) is 0.959. The zero-order valence-corrected chi connectivity index (χ0v) is 11.7. The van der Waals surface area contributed by atoms with E-state index in [2.05, 4.69) is 0 Å². The first-order valence-corrected chi connectivity index (χ1v) is 8.00. The first-order valence-electron chi connectivity index (χ1n) is 5.94. The minimum absolute atomic E-state index is 0.00612. The fourth-order valence-corrected chi connectivity index (χ4v) is 2.77. The quantitative estimate of drug-likeness (QED) is 0.771. The standard InChI is InChI=1S/C13H15NO4S/c1-9-4-5-11-10(8-9)12(15)13(16)14(11)6-3-7-19(2,17)18/h4-5,8H,3,6-7H2,1-2H3. The third-order valence-electron chi connectivity index (χ3n) is 3.02. The monoisotopic (exact) mass is 281 g/mol. The van der Waals surface area contributed by atoms with Crippen molar-refractivity contribution in [2.75, 3.05) is 23.5 Å². The molecule has 1 amide bonds. The second-order valence-electron chi connectivity index (χ2n) is 4.79. The molecule has 0 aliphatic carbocycles. The highest BCUT2D eigenvalue weighted by atomic mass is 32.2. The maximum absolute atomic E-state index is 11.9. The minimum atomic E-state index is -3.05. The summed E-state index contributed by atoms with van der Waals surface area (Å²) in [6.07, 6.45) is 1.48. The Hall–Kier alpha value is -1.69. The normalized spacial score (nSPS) is 14.9. The first kappa shape index (κ1) is 13.7. The van der Waals surface area contributed by atoms with Crippen molar-refractivity contribution < 1.29 is 18.0 Å². The fourth-order valence-electron chi connectivity index (χ4n) is 2.12. The van der Waals surface area contributed by atoms with Gasteiger partial charge < -0.3 is 4.90 Å². The minimum Gasteiger partial charge on any atom is -0.305 e. The van der Waals surface area contributed by atoms with Crippen LogP contribution in [0.4, 0.5) is 5.69 Å². The molecule has 1 heterocycles. The molecule has 0 spiro atoms. The van der Waals surface area contributed by atoms with Gasteiger partial charge in [0.1, 0.15) is 9.84 Å². The second kappa shape index (κ2) is 4.77. The second-order valence-corrected chi connectivity index (χ2v) is 7.05. The van der Waals surface area contributed by atoms with Gasteiger partial charge in [-0.05, 0) is 25.5 Å². The van der Waals surface area contributed by atoms with E-state index in [0.29, 0.717) is 17.7 Å². The van der Waals surface area contributed by atoms with Gasteiger partial charge in [-0.2, -0.15) is 0 Å². The molecule has 0 aromatic heterocycles. The lowest BCUT2D eigenvalue weighted by atomic mass is 10.1. The molecule has 0 N–H and O–H groups in total. The van der Waals surface area contributed by atoms with Crippen LogP contribution in [0.3, 0.4) is 0 Å². The third-order valence-corrected chi connectivity index (χ3v) is 4.05. The van der Waals surface area contributed by atoms with E-state index in [1.54, 1.807) is 12.1 Å². The van der Waals surface area contributed by atoms with Crippen LogP contribution in [0, 0.1) is 6.92 Å². The lowest BCUT2D eigenvalue weighted by Gasteiger charge is -2.16. The molecule has 1 aliphatic heterocycles. The van der Waals surface area contributed by atoms with Gasteiger partial charge in [-0.15, -0.1) is 0 Å². The number of Topliss-reactive ketones (excluding diaryl/α,β-unsaturated/α-hetero) is 1. The highest BCUT2D eigenvalue weighted by Crippen LogP contribution is 2.29. The van der Waals surface area contributed by atoms with Gasteiger partial charge >= 0.3 is 0 Å². The molecule has 0 atom stereocenters. The zero-order valence-electron chi connectivity index (χ0n) is 10.8. The number of fused-ring (bicyclic) bond motifs is 1. The van der Waals surface area contributed by atoms with E-state index in [1.807, 2.05) is 13.0 Å². The summed E-state index contributed by atoms with van der Waals surface area (Å²) in [5, 5.41) is 0. The molecule has 5 nitrogen and oxygen atoms in total. The lowest BCUT2D eigenvalue weighted by Crippen LogP contribution is -2.31. The van der Waals surface area contributed by atoms with E-state index in [0.717, 1.165) is 11.8 Å². The summed E-state index contributed by atoms with van der Waals surface area (Å²) >= 11 is 0. The Labute approximate surface area is 112 Å². The molecular weight excluding hydrogens is 266 g/mol. The Morgan fingerprint density at radius 1 is 1.21 bits per heavy atom. The summed E-state index contributed by atoms with van der Waals surface area (Å²) in [6.45, 7) is 2.10. The van der Waals surface area contributed by atoms with Crippen LogP contribution in [-0.2, 0) is 14.6 Å². The number of aryl methyl sites for hydroxylation is 1. The van der Waals surface area contributed by atoms with Crippen LogP contribution in [0.15, 0.2) is 18.2 Å². The fraction of sp³-hybridized carbons (Fsp3) is 0.385. The number of sulfone groups is 1. The number of rotatable bonds is 4. The Morgan fingerprint density at radius 3 is 2.53 bits per heavy atom. The number of amides is 1. The average molecular weight is 281 g/mol. The van der Waals surface area contributed by atoms with Crippen LogP contribution in [0.1, 0.15) is 22.3 Å². The van der Waals surface area contributed by atoms with E-state index < -0.39 is 21.5 Å². The van der Waals surface area contributed by atoms with Crippen LogP contribution in [-0.4, -0.2) is 38.7 Å². The topological polar surface area (TPSA) is 71.5 Å². The summed E-state index contributed by atoms with van der Waals surface area (Å²) in [4.78, 5) is 25.0. The molecule has 0 saturated heterocycles. The smallest absolute Gasteiger partial charge is 0.299 e. The molecule has 0 fully saturated rings. The molecular formula is C13H15NO4S. The van der Waals surface area contributed by atoms with Crippen molar-refractivity contribution in [3.63, 3.8) is 0 Å². The molecule has 102 valence electrons. The molecule has 2 rings (SSSR count). The zero-order chi connectivity index (χ0) is 14.2. The van der Waals surface area contributed by atoms with Crippen LogP contribution in [0.25, 0.3) is 0 Å². The van der Waals surface area contributed by atoms with Crippen LogP contribution in [0.5, 0.6) is 0 Å². The highest BCUT2D eigenvalue weighted by molar-refractivity contribution is 7.90. The van der Waals surface area contributed by atoms with Crippen LogP contribution in [0.2, 0.25) is 0 Å². The van der Waals surface area contributed by atoms with Crippen molar-refractivity contribution in [3.8, 4) is 0 Å². The number of benzene rings is 1. The van der Waals surface area contributed by atoms with Crippen molar-refractivity contribution >= 4 is 27.2 Å². The van der Waals surface area contributed by atoms with Gasteiger partial charge in [0.25, 0.3) is 11.7 Å². The molecule has 0 radical (unpaired) electrons. The van der Waals surface area contributed by atoms with E-state index >= 15 is 0 Å². The van der Waals surface area contributed by atoms with Gasteiger partial charge in [0.15, 0.2) is 0 Å². The summed E-state index contributed by atoms with van der Waals surface area (Å²) in [7, 11) is -3.05. The summed E-state index contributed by atoms with van der Waals surface area (Å²) in [5.41, 5.74) is 1.90. The Balaban J connectivity index is 2.20. The van der Waals surface area contributed by atoms with E-state index in [4.69, 9.17) is 0 Å². The van der Waals surface area contributed by atoms with Crippen LogP contribution < -0.4 is 4.90 Å². The Bertz CT molecular complexity index is 649. The van der Waals surface area contributed by atoms with E-state index in [-0.39, 0.29) is 12.3 Å². The Morgan fingerprint density at radius 2 is 1.89 bits per heavy atom. The van der Waals surface area contributed by atoms with Crippen molar-refractivity contribution in [2.45, 2.75) is 13.3 Å². The SMILES string of the molecule is Cc1ccc2c(c1)C(=O)C(=O)N2CCCS(C)(=O)=O. The molecule has 1 aromatic rings. The molecule has 0 bridgehead atoms. The van der Waals surface area contributed by atoms with Gasteiger partial charge in [-0.3, -0.25) is 9.59 Å². The number of nitrogens with zero attached hydrogens (tertiary/aromatic N) is 1. The lowest BCUT2D eigenvalue weighted by molar-refractivity contribution is -0.114. The van der Waals surface area contributed by atoms with Crippen molar-refractivity contribution in [2.24, 2.45) is 0 Å². The maximum atomic E-state index is 11.9.